The Hall–Kier alpha value is -2.08. The second-order valence-corrected chi connectivity index (χ2v) is 5.77. The minimum absolute atomic E-state index is 0.481. The number of methoxy groups -OCH3 is 1. The number of nitrogens with one attached hydrogen (secondary N) is 1. The minimum atomic E-state index is 0.481. The zero-order valence-corrected chi connectivity index (χ0v) is 12.7. The summed E-state index contributed by atoms with van der Waals surface area (Å²) in [7, 11) is 1.67. The highest BCUT2D eigenvalue weighted by Crippen LogP contribution is 2.36. The number of ether oxygens (including phenoxy) is 2. The molecule has 0 atom stereocenters. The predicted octanol–water partition coefficient (Wildman–Crippen LogP) is 1.81. The molecule has 1 saturated heterocycles. The van der Waals surface area contributed by atoms with Crippen molar-refractivity contribution in [3.63, 3.8) is 0 Å². The van der Waals surface area contributed by atoms with E-state index in [0.717, 1.165) is 61.2 Å². The van der Waals surface area contributed by atoms with Gasteiger partial charge in [0.1, 0.15) is 23.9 Å². The summed E-state index contributed by atoms with van der Waals surface area (Å²) < 4.78 is 13.4. The molecular weight excluding hydrogens is 280 g/mol. The molecule has 22 heavy (non-hydrogen) atoms. The second kappa shape index (κ2) is 5.61. The first-order valence-electron chi connectivity index (χ1n) is 7.82. The van der Waals surface area contributed by atoms with Crippen molar-refractivity contribution in [1.29, 1.82) is 0 Å². The number of hydrogen-bond donors (Lipinski definition) is 1. The molecule has 4 rings (SSSR count). The first kappa shape index (κ1) is 13.6. The van der Waals surface area contributed by atoms with Crippen molar-refractivity contribution in [3.8, 4) is 22.9 Å². The van der Waals surface area contributed by atoms with Gasteiger partial charge < -0.3 is 19.4 Å². The summed E-state index contributed by atoms with van der Waals surface area (Å²) in [6, 6.07) is 5.84. The van der Waals surface area contributed by atoms with Gasteiger partial charge in [0.15, 0.2) is 5.82 Å². The molecule has 0 amide bonds. The molecule has 0 bridgehead atoms. The van der Waals surface area contributed by atoms with Crippen LogP contribution in [-0.4, -0.2) is 41.6 Å². The fraction of sp³-hybridized carbons (Fsp3) is 0.500. The highest BCUT2D eigenvalue weighted by molar-refractivity contribution is 5.67. The quantitative estimate of drug-likeness (QED) is 0.916. The number of benzene rings is 1. The van der Waals surface area contributed by atoms with Crippen LogP contribution in [0.2, 0.25) is 0 Å². The van der Waals surface area contributed by atoms with Gasteiger partial charge in [-0.05, 0) is 44.1 Å². The molecule has 1 N–H and O–H groups in total. The van der Waals surface area contributed by atoms with Gasteiger partial charge in [0, 0.05) is 5.92 Å². The van der Waals surface area contributed by atoms with E-state index >= 15 is 0 Å². The molecule has 2 aliphatic heterocycles. The lowest BCUT2D eigenvalue weighted by Crippen LogP contribution is -2.28. The maximum atomic E-state index is 5.87. The molecule has 1 fully saturated rings. The Morgan fingerprint density at radius 1 is 1.27 bits per heavy atom. The summed E-state index contributed by atoms with van der Waals surface area (Å²) in [5.41, 5.74) is 0.963. The number of nitrogens with zero attached hydrogens (tertiary/aromatic N) is 3. The second-order valence-electron chi connectivity index (χ2n) is 5.77. The number of hydrogen-bond acceptors (Lipinski definition) is 5. The molecule has 1 aromatic carbocycles. The fourth-order valence-electron chi connectivity index (χ4n) is 3.30. The normalized spacial score (nSPS) is 18.0. The summed E-state index contributed by atoms with van der Waals surface area (Å²) in [5.74, 6) is 4.12. The SMILES string of the molecule is COc1ccc2c(c1)-c1nnc(C3CCNCC3)n1CCO2. The van der Waals surface area contributed by atoms with E-state index in [0.29, 0.717) is 12.5 Å². The molecule has 0 spiro atoms. The van der Waals surface area contributed by atoms with Crippen molar-refractivity contribution in [3.05, 3.63) is 24.0 Å². The highest BCUT2D eigenvalue weighted by Gasteiger charge is 2.26. The Morgan fingerprint density at radius 3 is 2.95 bits per heavy atom. The molecule has 1 aromatic heterocycles. The molecule has 6 nitrogen and oxygen atoms in total. The topological polar surface area (TPSA) is 61.2 Å². The molecule has 0 saturated carbocycles. The molecule has 0 unspecified atom stereocenters. The van der Waals surface area contributed by atoms with Crippen molar-refractivity contribution in [1.82, 2.24) is 20.1 Å². The third-order valence-corrected chi connectivity index (χ3v) is 4.48. The Kier molecular flexibility index (Phi) is 3.46. The van der Waals surface area contributed by atoms with Crippen LogP contribution in [0.15, 0.2) is 18.2 Å². The standard InChI is InChI=1S/C16H20N4O2/c1-21-12-2-3-14-13(10-12)16-19-18-15(20(16)8-9-22-14)11-4-6-17-7-5-11/h2-3,10-11,17H,4-9H2,1H3. The zero-order chi connectivity index (χ0) is 14.9. The van der Waals surface area contributed by atoms with Crippen LogP contribution in [0.4, 0.5) is 0 Å². The van der Waals surface area contributed by atoms with E-state index in [1.54, 1.807) is 7.11 Å². The molecular formula is C16H20N4O2. The number of piperidine rings is 1. The maximum Gasteiger partial charge on any atom is 0.167 e. The first-order valence-corrected chi connectivity index (χ1v) is 7.82. The molecule has 0 aliphatic carbocycles. The van der Waals surface area contributed by atoms with Crippen LogP contribution < -0.4 is 14.8 Å². The summed E-state index contributed by atoms with van der Waals surface area (Å²) in [4.78, 5) is 0. The fourth-order valence-corrected chi connectivity index (χ4v) is 3.30. The Labute approximate surface area is 129 Å². The lowest BCUT2D eigenvalue weighted by Gasteiger charge is -2.22. The van der Waals surface area contributed by atoms with Gasteiger partial charge in [-0.15, -0.1) is 10.2 Å². The van der Waals surface area contributed by atoms with Gasteiger partial charge in [-0.1, -0.05) is 0 Å². The Bertz CT molecular complexity index is 677. The number of fused-ring (bicyclic) bond motifs is 3. The van der Waals surface area contributed by atoms with Gasteiger partial charge in [0.05, 0.1) is 19.2 Å². The van der Waals surface area contributed by atoms with Gasteiger partial charge in [0.2, 0.25) is 0 Å². The van der Waals surface area contributed by atoms with Crippen LogP contribution >= 0.6 is 0 Å². The van der Waals surface area contributed by atoms with Crippen molar-refractivity contribution in [2.24, 2.45) is 0 Å². The third-order valence-electron chi connectivity index (χ3n) is 4.48. The monoisotopic (exact) mass is 300 g/mol. The molecule has 6 heteroatoms. The van der Waals surface area contributed by atoms with Crippen LogP contribution in [0.25, 0.3) is 11.4 Å². The summed E-state index contributed by atoms with van der Waals surface area (Å²) in [5, 5.41) is 12.4. The number of aromatic nitrogens is 3. The van der Waals surface area contributed by atoms with Crippen LogP contribution in [0.1, 0.15) is 24.6 Å². The van der Waals surface area contributed by atoms with Gasteiger partial charge >= 0.3 is 0 Å². The molecule has 2 aromatic rings. The van der Waals surface area contributed by atoms with Crippen molar-refractivity contribution < 1.29 is 9.47 Å². The maximum absolute atomic E-state index is 5.87. The molecule has 0 radical (unpaired) electrons. The molecule has 3 heterocycles. The van der Waals surface area contributed by atoms with E-state index in [1.807, 2.05) is 18.2 Å². The largest absolute Gasteiger partial charge is 0.497 e. The molecule has 116 valence electrons. The van der Waals surface area contributed by atoms with Crippen LogP contribution in [0.5, 0.6) is 11.5 Å². The van der Waals surface area contributed by atoms with Crippen LogP contribution in [0, 0.1) is 0 Å². The lowest BCUT2D eigenvalue weighted by atomic mass is 9.97. The zero-order valence-electron chi connectivity index (χ0n) is 12.7. The average Bonchev–Trinajstić information content (AvgIpc) is 2.91. The van der Waals surface area contributed by atoms with E-state index in [9.17, 15) is 0 Å². The van der Waals surface area contributed by atoms with Gasteiger partial charge in [-0.25, -0.2) is 0 Å². The molecule has 2 aliphatic rings. The predicted molar refractivity (Wildman–Crippen MR) is 82.3 cm³/mol. The Morgan fingerprint density at radius 2 is 2.14 bits per heavy atom. The first-order chi connectivity index (χ1) is 10.9. The van der Waals surface area contributed by atoms with E-state index in [-0.39, 0.29) is 0 Å². The van der Waals surface area contributed by atoms with Gasteiger partial charge in [-0.3, -0.25) is 0 Å². The van der Waals surface area contributed by atoms with Crippen molar-refractivity contribution in [2.45, 2.75) is 25.3 Å². The highest BCUT2D eigenvalue weighted by atomic mass is 16.5. The van der Waals surface area contributed by atoms with Crippen molar-refractivity contribution in [2.75, 3.05) is 26.8 Å². The third kappa shape index (κ3) is 2.23. The van der Waals surface area contributed by atoms with E-state index in [2.05, 4.69) is 20.1 Å². The van der Waals surface area contributed by atoms with Gasteiger partial charge in [-0.2, -0.15) is 0 Å². The minimum Gasteiger partial charge on any atom is -0.497 e. The lowest BCUT2D eigenvalue weighted by molar-refractivity contribution is 0.301. The number of rotatable bonds is 2. The van der Waals surface area contributed by atoms with E-state index in [1.165, 1.54) is 0 Å². The van der Waals surface area contributed by atoms with Crippen molar-refractivity contribution >= 4 is 0 Å². The summed E-state index contributed by atoms with van der Waals surface area (Å²) in [6.45, 7) is 3.53. The van der Waals surface area contributed by atoms with E-state index in [4.69, 9.17) is 9.47 Å². The van der Waals surface area contributed by atoms with Crippen LogP contribution in [-0.2, 0) is 6.54 Å². The van der Waals surface area contributed by atoms with E-state index < -0.39 is 0 Å². The summed E-state index contributed by atoms with van der Waals surface area (Å²) in [6.07, 6.45) is 2.23. The van der Waals surface area contributed by atoms with Gasteiger partial charge in [0.25, 0.3) is 0 Å². The van der Waals surface area contributed by atoms with Crippen LogP contribution in [0.3, 0.4) is 0 Å². The Balaban J connectivity index is 1.78. The smallest absolute Gasteiger partial charge is 0.167 e. The average molecular weight is 300 g/mol. The summed E-state index contributed by atoms with van der Waals surface area (Å²) >= 11 is 0.